The number of hydrogen-bond donors (Lipinski definition) is 0. The lowest BCUT2D eigenvalue weighted by Gasteiger charge is -2.08. The third-order valence-electron chi connectivity index (χ3n) is 3.46. The summed E-state index contributed by atoms with van der Waals surface area (Å²) in [7, 11) is 1.34. The molecule has 0 aromatic carbocycles. The first-order valence-corrected chi connectivity index (χ1v) is 9.92. The first kappa shape index (κ1) is 18.3. The lowest BCUT2D eigenvalue weighted by molar-refractivity contribution is 0.0600. The number of carbonyl (C=O) groups is 1. The van der Waals surface area contributed by atoms with Crippen LogP contribution in [0.5, 0.6) is 0 Å². The third-order valence-corrected chi connectivity index (χ3v) is 4.61. The highest BCUT2D eigenvalue weighted by molar-refractivity contribution is 7.98. The van der Waals surface area contributed by atoms with E-state index in [2.05, 4.69) is 24.9 Å². The van der Waals surface area contributed by atoms with Gasteiger partial charge in [0.2, 0.25) is 0 Å². The number of ether oxygens (including phenoxy) is 1. The molecule has 0 N–H and O–H groups in total. The summed E-state index contributed by atoms with van der Waals surface area (Å²) in [5.74, 6) is -0.446. The molecule has 0 saturated carbocycles. The number of carbonyl (C=O) groups excluding carboxylic acids is 1. The van der Waals surface area contributed by atoms with Gasteiger partial charge in [-0.05, 0) is 24.6 Å². The van der Waals surface area contributed by atoms with Crippen molar-refractivity contribution in [3.05, 3.63) is 42.5 Å². The van der Waals surface area contributed by atoms with Crippen molar-refractivity contribution in [2.24, 2.45) is 0 Å². The van der Waals surface area contributed by atoms with Gasteiger partial charge in [-0.15, -0.1) is 0 Å². The van der Waals surface area contributed by atoms with Crippen LogP contribution in [0.3, 0.4) is 0 Å². The molecule has 0 fully saturated rings. The number of aromatic nitrogens is 5. The highest BCUT2D eigenvalue weighted by Crippen LogP contribution is 2.25. The zero-order valence-corrected chi connectivity index (χ0v) is 16.0. The minimum absolute atomic E-state index is 0.385. The Labute approximate surface area is 159 Å². The molecule has 0 aliphatic carbocycles. The second-order valence-corrected chi connectivity index (χ2v) is 6.58. The minimum Gasteiger partial charge on any atom is -0.465 e. The monoisotopic (exact) mass is 385 g/mol. The number of hydrogen-bond acceptors (Lipinski definition) is 9. The van der Waals surface area contributed by atoms with Crippen molar-refractivity contribution in [3.8, 4) is 22.5 Å². The van der Waals surface area contributed by atoms with E-state index in [0.29, 0.717) is 38.4 Å². The fraction of sp³-hybridized carbons (Fsp3) is 0.176. The van der Waals surface area contributed by atoms with Gasteiger partial charge in [0.05, 0.1) is 24.1 Å². The van der Waals surface area contributed by atoms with Gasteiger partial charge >= 0.3 is 5.97 Å². The molecule has 0 spiro atoms. The van der Waals surface area contributed by atoms with Gasteiger partial charge in [0.15, 0.2) is 10.3 Å². The fourth-order valence-electron chi connectivity index (χ4n) is 2.17. The molecule has 0 bridgehead atoms. The van der Waals surface area contributed by atoms with Crippen LogP contribution in [-0.4, -0.2) is 50.5 Å². The van der Waals surface area contributed by atoms with E-state index in [4.69, 9.17) is 4.74 Å². The SMILES string of the molecule is COC(=O)c1cc(-c2cnc(SC)nc2)nc(-c2cnc(SC)nc2)c1. The van der Waals surface area contributed by atoms with Gasteiger partial charge in [-0.25, -0.2) is 29.7 Å². The molecule has 0 atom stereocenters. The van der Waals surface area contributed by atoms with Gasteiger partial charge in [0.25, 0.3) is 0 Å². The van der Waals surface area contributed by atoms with Crippen LogP contribution in [0.4, 0.5) is 0 Å². The Hall–Kier alpha value is -2.52. The second kappa shape index (κ2) is 8.24. The Morgan fingerprint density at radius 3 is 1.62 bits per heavy atom. The molecule has 26 heavy (non-hydrogen) atoms. The molecule has 3 rings (SSSR count). The number of thioether (sulfide) groups is 2. The van der Waals surface area contributed by atoms with Gasteiger partial charge in [0.1, 0.15) is 0 Å². The Kier molecular flexibility index (Phi) is 5.79. The second-order valence-electron chi connectivity index (χ2n) is 5.03. The molecule has 9 heteroatoms. The van der Waals surface area contributed by atoms with Crippen molar-refractivity contribution >= 4 is 29.5 Å². The molecule has 0 aliphatic rings. The molecular weight excluding hydrogens is 370 g/mol. The summed E-state index contributed by atoms with van der Waals surface area (Å²) in [5, 5.41) is 1.33. The van der Waals surface area contributed by atoms with Crippen LogP contribution in [0.15, 0.2) is 47.2 Å². The average molecular weight is 385 g/mol. The van der Waals surface area contributed by atoms with Gasteiger partial charge < -0.3 is 4.74 Å². The lowest BCUT2D eigenvalue weighted by atomic mass is 10.1. The molecular formula is C17H15N5O2S2. The molecule has 0 radical (unpaired) electrons. The fourth-order valence-corrected chi connectivity index (χ4v) is 2.80. The Bertz CT molecular complexity index is 852. The average Bonchev–Trinajstić information content (AvgIpc) is 2.73. The summed E-state index contributed by atoms with van der Waals surface area (Å²) in [5.41, 5.74) is 2.94. The molecule has 0 amide bonds. The number of methoxy groups -OCH3 is 1. The van der Waals surface area contributed by atoms with E-state index in [1.54, 1.807) is 36.9 Å². The lowest BCUT2D eigenvalue weighted by Crippen LogP contribution is -2.04. The zero-order chi connectivity index (χ0) is 18.5. The van der Waals surface area contributed by atoms with Gasteiger partial charge in [0, 0.05) is 35.9 Å². The summed E-state index contributed by atoms with van der Waals surface area (Å²) in [6, 6.07) is 3.31. The maximum Gasteiger partial charge on any atom is 0.338 e. The van der Waals surface area contributed by atoms with Crippen LogP contribution in [-0.2, 0) is 4.74 Å². The molecule has 132 valence electrons. The number of esters is 1. The van der Waals surface area contributed by atoms with Crippen LogP contribution in [0.1, 0.15) is 10.4 Å². The third kappa shape index (κ3) is 4.00. The van der Waals surface area contributed by atoms with E-state index < -0.39 is 5.97 Å². The zero-order valence-electron chi connectivity index (χ0n) is 14.3. The van der Waals surface area contributed by atoms with E-state index in [1.165, 1.54) is 30.6 Å². The molecule has 3 aromatic heterocycles. The van der Waals surface area contributed by atoms with Crippen molar-refractivity contribution in [3.63, 3.8) is 0 Å². The minimum atomic E-state index is -0.446. The Balaban J connectivity index is 2.09. The van der Waals surface area contributed by atoms with Crippen molar-refractivity contribution in [2.75, 3.05) is 19.6 Å². The highest BCUT2D eigenvalue weighted by atomic mass is 32.2. The van der Waals surface area contributed by atoms with Gasteiger partial charge in [-0.3, -0.25) is 0 Å². The molecule has 0 aliphatic heterocycles. The molecule has 0 unspecified atom stereocenters. The molecule has 3 heterocycles. The van der Waals surface area contributed by atoms with E-state index in [1.807, 2.05) is 12.5 Å². The van der Waals surface area contributed by atoms with E-state index >= 15 is 0 Å². The van der Waals surface area contributed by atoms with Gasteiger partial charge in [-0.2, -0.15) is 0 Å². The summed E-state index contributed by atoms with van der Waals surface area (Å²) in [6.45, 7) is 0. The van der Waals surface area contributed by atoms with Crippen LogP contribution in [0, 0.1) is 0 Å². The first-order chi connectivity index (χ1) is 12.6. The maximum atomic E-state index is 12.1. The van der Waals surface area contributed by atoms with Crippen molar-refractivity contribution in [1.29, 1.82) is 0 Å². The van der Waals surface area contributed by atoms with Gasteiger partial charge in [-0.1, -0.05) is 23.5 Å². The van der Waals surface area contributed by atoms with E-state index in [0.717, 1.165) is 0 Å². The predicted octanol–water partition coefficient (Wildman–Crippen LogP) is 3.23. The van der Waals surface area contributed by atoms with Crippen LogP contribution < -0.4 is 0 Å². The topological polar surface area (TPSA) is 90.8 Å². The normalized spacial score (nSPS) is 10.6. The van der Waals surface area contributed by atoms with Crippen LogP contribution in [0.25, 0.3) is 22.5 Å². The summed E-state index contributed by atoms with van der Waals surface area (Å²) >= 11 is 2.91. The number of rotatable bonds is 5. The van der Waals surface area contributed by atoms with Crippen molar-refractivity contribution in [1.82, 2.24) is 24.9 Å². The Morgan fingerprint density at radius 2 is 1.27 bits per heavy atom. The van der Waals surface area contributed by atoms with Crippen molar-refractivity contribution in [2.45, 2.75) is 10.3 Å². The van der Waals surface area contributed by atoms with Crippen LogP contribution in [0.2, 0.25) is 0 Å². The van der Waals surface area contributed by atoms with Crippen molar-refractivity contribution < 1.29 is 9.53 Å². The number of pyridine rings is 1. The Morgan fingerprint density at radius 1 is 0.846 bits per heavy atom. The maximum absolute atomic E-state index is 12.1. The standard InChI is InChI=1S/C17H15N5O2S2/c1-24-15(23)10-4-13(11-6-18-16(25-2)19-7-11)22-14(5-10)12-8-20-17(26-3)21-9-12/h4-9H,1-3H3. The molecule has 7 nitrogen and oxygen atoms in total. The first-order valence-electron chi connectivity index (χ1n) is 7.48. The number of nitrogens with zero attached hydrogens (tertiary/aromatic N) is 5. The van der Waals surface area contributed by atoms with E-state index in [9.17, 15) is 4.79 Å². The smallest absolute Gasteiger partial charge is 0.338 e. The summed E-state index contributed by atoms with van der Waals surface area (Å²) < 4.78 is 4.86. The predicted molar refractivity (Wildman–Crippen MR) is 101 cm³/mol. The summed E-state index contributed by atoms with van der Waals surface area (Å²) in [4.78, 5) is 33.7. The van der Waals surface area contributed by atoms with E-state index in [-0.39, 0.29) is 0 Å². The largest absolute Gasteiger partial charge is 0.465 e. The van der Waals surface area contributed by atoms with Crippen LogP contribution >= 0.6 is 23.5 Å². The molecule has 0 saturated heterocycles. The quantitative estimate of drug-likeness (QED) is 0.373. The highest BCUT2D eigenvalue weighted by Gasteiger charge is 2.14. The summed E-state index contributed by atoms with van der Waals surface area (Å²) in [6.07, 6.45) is 10.5. The molecule has 3 aromatic rings.